The summed E-state index contributed by atoms with van der Waals surface area (Å²) < 4.78 is 48.3. The Bertz CT molecular complexity index is 1560. The van der Waals surface area contributed by atoms with Gasteiger partial charge in [-0.3, -0.25) is 19.4 Å². The van der Waals surface area contributed by atoms with Crippen molar-refractivity contribution < 1.29 is 22.3 Å². The molecule has 1 aliphatic heterocycles. The number of fused-ring (bicyclic) bond motifs is 1. The largest absolute Gasteiger partial charge is 0.496 e. The first-order chi connectivity index (χ1) is 18.4. The minimum Gasteiger partial charge on any atom is -0.496 e. The molecule has 0 bridgehead atoms. The molecule has 3 aromatic carbocycles. The van der Waals surface area contributed by atoms with E-state index >= 15 is 0 Å². The SMILES string of the molecule is COc1cccc(F)c1CN1CCN(C(=O)c2ccc(NS(=O)(=O)c3cccc4cccnc34)cc2)CC1. The average Bonchev–Trinajstić information content (AvgIpc) is 2.94. The van der Waals surface area contributed by atoms with E-state index in [0.717, 1.165) is 5.39 Å². The summed E-state index contributed by atoms with van der Waals surface area (Å²) in [6, 6.07) is 19.7. The molecular weight excluding hydrogens is 507 g/mol. The van der Waals surface area contributed by atoms with Crippen LogP contribution in [-0.2, 0) is 16.6 Å². The number of carbonyl (C=O) groups is 1. The van der Waals surface area contributed by atoms with Gasteiger partial charge in [0.25, 0.3) is 15.9 Å². The topological polar surface area (TPSA) is 91.8 Å². The van der Waals surface area contributed by atoms with Crippen LogP contribution in [0, 0.1) is 5.82 Å². The Morgan fingerprint density at radius 2 is 1.68 bits per heavy atom. The molecule has 0 saturated carbocycles. The van der Waals surface area contributed by atoms with Gasteiger partial charge in [0.2, 0.25) is 0 Å². The molecule has 0 atom stereocenters. The van der Waals surface area contributed by atoms with Gasteiger partial charge in [-0.2, -0.15) is 0 Å². The van der Waals surface area contributed by atoms with Crippen molar-refractivity contribution in [2.45, 2.75) is 11.4 Å². The zero-order valence-corrected chi connectivity index (χ0v) is 21.6. The zero-order chi connectivity index (χ0) is 26.7. The summed E-state index contributed by atoms with van der Waals surface area (Å²) in [6.07, 6.45) is 1.55. The normalized spacial score (nSPS) is 14.4. The first-order valence-electron chi connectivity index (χ1n) is 12.2. The van der Waals surface area contributed by atoms with Gasteiger partial charge in [0.05, 0.1) is 12.6 Å². The highest BCUT2D eigenvalue weighted by Crippen LogP contribution is 2.25. The van der Waals surface area contributed by atoms with E-state index in [9.17, 15) is 17.6 Å². The van der Waals surface area contributed by atoms with Crippen LogP contribution in [0.15, 0.2) is 83.9 Å². The fourth-order valence-corrected chi connectivity index (χ4v) is 5.82. The van der Waals surface area contributed by atoms with E-state index in [4.69, 9.17) is 4.74 Å². The molecule has 10 heteroatoms. The third kappa shape index (κ3) is 5.32. The zero-order valence-electron chi connectivity index (χ0n) is 20.8. The van der Waals surface area contributed by atoms with Crippen molar-refractivity contribution in [3.05, 3.63) is 95.9 Å². The van der Waals surface area contributed by atoms with Gasteiger partial charge in [0.15, 0.2) is 0 Å². The van der Waals surface area contributed by atoms with Gasteiger partial charge in [0.1, 0.15) is 16.5 Å². The molecule has 8 nitrogen and oxygen atoms in total. The number of rotatable bonds is 7. The summed E-state index contributed by atoms with van der Waals surface area (Å²) in [5.74, 6) is 0.0620. The molecule has 0 unspecified atom stereocenters. The number of halogens is 1. The van der Waals surface area contributed by atoms with Crippen molar-refractivity contribution in [3.63, 3.8) is 0 Å². The van der Waals surface area contributed by atoms with Gasteiger partial charge in [-0.05, 0) is 48.5 Å². The Morgan fingerprint density at radius 3 is 2.42 bits per heavy atom. The van der Waals surface area contributed by atoms with E-state index in [1.54, 1.807) is 71.8 Å². The van der Waals surface area contributed by atoms with Crippen molar-refractivity contribution in [3.8, 4) is 5.75 Å². The van der Waals surface area contributed by atoms with E-state index < -0.39 is 10.0 Å². The lowest BCUT2D eigenvalue weighted by atomic mass is 10.1. The summed E-state index contributed by atoms with van der Waals surface area (Å²) in [4.78, 5) is 21.2. The number of ether oxygens (including phenoxy) is 1. The number of piperazine rings is 1. The van der Waals surface area contributed by atoms with Crippen LogP contribution in [0.3, 0.4) is 0 Å². The summed E-state index contributed by atoms with van der Waals surface area (Å²) in [6.45, 7) is 2.59. The van der Waals surface area contributed by atoms with E-state index in [1.807, 2.05) is 0 Å². The van der Waals surface area contributed by atoms with Crippen LogP contribution in [0.2, 0.25) is 0 Å². The second kappa shape index (κ2) is 10.8. The van der Waals surface area contributed by atoms with Crippen LogP contribution in [0.5, 0.6) is 5.75 Å². The molecule has 0 spiro atoms. The van der Waals surface area contributed by atoms with Crippen molar-refractivity contribution >= 4 is 32.5 Å². The monoisotopic (exact) mass is 534 g/mol. The molecule has 1 fully saturated rings. The molecule has 38 heavy (non-hydrogen) atoms. The van der Waals surface area contributed by atoms with Crippen LogP contribution in [0.1, 0.15) is 15.9 Å². The predicted molar refractivity (Wildman–Crippen MR) is 143 cm³/mol. The number of amides is 1. The van der Waals surface area contributed by atoms with E-state index in [-0.39, 0.29) is 16.6 Å². The number of pyridine rings is 1. The number of para-hydroxylation sites is 1. The standard InChI is InChI=1S/C28H27FN4O4S/c1-37-25-8-3-7-24(29)23(25)19-32-15-17-33(18-16-32)28(34)21-10-12-22(13-11-21)31-38(35,36)26-9-2-5-20-6-4-14-30-27(20)26/h2-14,31H,15-19H2,1H3. The number of benzene rings is 3. The highest BCUT2D eigenvalue weighted by Gasteiger charge is 2.24. The third-order valence-corrected chi connectivity index (χ3v) is 8.02. The van der Waals surface area contributed by atoms with E-state index in [2.05, 4.69) is 14.6 Å². The number of hydrogen-bond donors (Lipinski definition) is 1. The summed E-state index contributed by atoms with van der Waals surface area (Å²) in [5, 5.41) is 0.726. The van der Waals surface area contributed by atoms with Crippen LogP contribution in [0.4, 0.5) is 10.1 Å². The minimum atomic E-state index is -3.88. The minimum absolute atomic E-state index is 0.0848. The molecule has 5 rings (SSSR count). The van der Waals surface area contributed by atoms with Crippen LogP contribution >= 0.6 is 0 Å². The number of carbonyl (C=O) groups excluding carboxylic acids is 1. The molecule has 0 radical (unpaired) electrons. The molecule has 1 aliphatic rings. The molecule has 1 aromatic heterocycles. The molecule has 196 valence electrons. The van der Waals surface area contributed by atoms with Gasteiger partial charge >= 0.3 is 0 Å². The van der Waals surface area contributed by atoms with Crippen molar-refractivity contribution in [1.82, 2.24) is 14.8 Å². The van der Waals surface area contributed by atoms with Gasteiger partial charge in [0, 0.05) is 61.1 Å². The Kier molecular flexibility index (Phi) is 7.26. The van der Waals surface area contributed by atoms with Crippen molar-refractivity contribution in [2.24, 2.45) is 0 Å². The summed E-state index contributed by atoms with van der Waals surface area (Å²) in [5.41, 5.74) is 1.70. The fraction of sp³-hybridized carbons (Fsp3) is 0.214. The second-order valence-corrected chi connectivity index (χ2v) is 10.7. The maximum atomic E-state index is 14.3. The van der Waals surface area contributed by atoms with Crippen LogP contribution in [-0.4, -0.2) is 62.4 Å². The van der Waals surface area contributed by atoms with Crippen LogP contribution < -0.4 is 9.46 Å². The lowest BCUT2D eigenvalue weighted by molar-refractivity contribution is 0.0626. The molecule has 2 heterocycles. The quantitative estimate of drug-likeness (QED) is 0.383. The van der Waals surface area contributed by atoms with E-state index in [0.29, 0.717) is 60.8 Å². The Balaban J connectivity index is 1.22. The third-order valence-electron chi connectivity index (χ3n) is 6.61. The highest BCUT2D eigenvalue weighted by molar-refractivity contribution is 7.93. The maximum Gasteiger partial charge on any atom is 0.264 e. The van der Waals surface area contributed by atoms with Gasteiger partial charge < -0.3 is 9.64 Å². The summed E-state index contributed by atoms with van der Waals surface area (Å²) in [7, 11) is -2.36. The molecule has 1 N–H and O–H groups in total. The van der Waals surface area contributed by atoms with Gasteiger partial charge in [-0.15, -0.1) is 0 Å². The number of nitrogens with one attached hydrogen (secondary N) is 1. The number of anilines is 1. The fourth-order valence-electron chi connectivity index (χ4n) is 4.58. The van der Waals surface area contributed by atoms with Crippen LogP contribution in [0.25, 0.3) is 10.9 Å². The number of methoxy groups -OCH3 is 1. The predicted octanol–water partition coefficient (Wildman–Crippen LogP) is 4.14. The smallest absolute Gasteiger partial charge is 0.264 e. The molecule has 1 saturated heterocycles. The number of sulfonamides is 1. The maximum absolute atomic E-state index is 14.3. The first kappa shape index (κ1) is 25.6. The molecule has 4 aromatic rings. The Labute approximate surface area is 220 Å². The number of aromatic nitrogens is 1. The highest BCUT2D eigenvalue weighted by atomic mass is 32.2. The molecular formula is C28H27FN4O4S. The second-order valence-electron chi connectivity index (χ2n) is 9.00. The van der Waals surface area contributed by atoms with Gasteiger partial charge in [-0.25, -0.2) is 12.8 Å². The Morgan fingerprint density at radius 1 is 0.974 bits per heavy atom. The summed E-state index contributed by atoms with van der Waals surface area (Å²) >= 11 is 0. The van der Waals surface area contributed by atoms with Crippen molar-refractivity contribution in [1.29, 1.82) is 0 Å². The van der Waals surface area contributed by atoms with Gasteiger partial charge in [-0.1, -0.05) is 24.3 Å². The average molecular weight is 535 g/mol. The number of hydrogen-bond acceptors (Lipinski definition) is 6. The number of nitrogens with zero attached hydrogens (tertiary/aromatic N) is 3. The first-order valence-corrected chi connectivity index (χ1v) is 13.6. The molecule has 0 aliphatic carbocycles. The lowest BCUT2D eigenvalue weighted by Crippen LogP contribution is -2.48. The van der Waals surface area contributed by atoms with E-state index in [1.165, 1.54) is 19.2 Å². The molecule has 1 amide bonds. The Hall–Kier alpha value is -4.02. The lowest BCUT2D eigenvalue weighted by Gasteiger charge is -2.35. The van der Waals surface area contributed by atoms with Crippen molar-refractivity contribution in [2.75, 3.05) is 38.0 Å².